The summed E-state index contributed by atoms with van der Waals surface area (Å²) in [6.07, 6.45) is 0. The maximum atomic E-state index is 9.25. The fraction of sp³-hybridized carbons (Fsp3) is 0. The molecule has 0 heterocycles. The fourth-order valence-electron chi connectivity index (χ4n) is 0.776. The normalized spacial score (nSPS) is 9.45. The molecule has 0 atom stereocenters. The Morgan fingerprint density at radius 3 is 2.64 bits per heavy atom. The number of nitrogen functional groups attached to an aromatic ring is 1. The SMILES string of the molecule is N=C(N)c1cc[c]([Ga])cc1O. The Hall–Kier alpha value is -0.874. The van der Waals surface area contributed by atoms with E-state index in [4.69, 9.17) is 11.1 Å². The summed E-state index contributed by atoms with van der Waals surface area (Å²) in [5.41, 5.74) is 5.59. The molecule has 0 aliphatic rings. The third-order valence-electron chi connectivity index (χ3n) is 1.31. The Balaban J connectivity index is 3.20. The molecule has 1 aromatic carbocycles. The van der Waals surface area contributed by atoms with E-state index in [1.165, 1.54) is 18.6 Å². The van der Waals surface area contributed by atoms with Crippen molar-refractivity contribution in [2.45, 2.75) is 0 Å². The molecule has 2 radical (unpaired) electrons. The molecule has 0 bridgehead atoms. The van der Waals surface area contributed by atoms with E-state index >= 15 is 0 Å². The molecule has 0 aromatic heterocycles. The molecular weight excluding hydrogens is 198 g/mol. The third-order valence-corrected chi connectivity index (χ3v) is 2.07. The minimum absolute atomic E-state index is 0.0828. The molecule has 0 spiro atoms. The second-order valence-corrected chi connectivity index (χ2v) is 3.59. The van der Waals surface area contributed by atoms with Crippen molar-refractivity contribution in [2.75, 3.05) is 0 Å². The average Bonchev–Trinajstić information content (AvgIpc) is 1.85. The summed E-state index contributed by atoms with van der Waals surface area (Å²) in [7, 11) is 0. The first-order chi connectivity index (χ1) is 5.11. The molecule has 0 saturated heterocycles. The van der Waals surface area contributed by atoms with Gasteiger partial charge in [-0.1, -0.05) is 0 Å². The van der Waals surface area contributed by atoms with E-state index < -0.39 is 0 Å². The summed E-state index contributed by atoms with van der Waals surface area (Å²) >= 11 is 1.43. The van der Waals surface area contributed by atoms with Crippen molar-refractivity contribution in [3.05, 3.63) is 23.8 Å². The van der Waals surface area contributed by atoms with Gasteiger partial charge in [-0.2, -0.15) is 0 Å². The molecule has 0 amide bonds. The van der Waals surface area contributed by atoms with Gasteiger partial charge in [-0.3, -0.25) is 0 Å². The van der Waals surface area contributed by atoms with Crippen LogP contribution in [-0.4, -0.2) is 29.5 Å². The van der Waals surface area contributed by atoms with E-state index in [9.17, 15) is 5.11 Å². The standard InChI is InChI=1S/C7H7N2O.Ga/c8-7(9)5-3-1-2-4-6(5)10;/h1,3-4,10H,(H3,8,9);. The van der Waals surface area contributed by atoms with Gasteiger partial charge in [0, 0.05) is 0 Å². The third kappa shape index (κ3) is 1.78. The van der Waals surface area contributed by atoms with Gasteiger partial charge in [-0.15, -0.1) is 0 Å². The number of benzene rings is 1. The summed E-state index contributed by atoms with van der Waals surface area (Å²) in [4.78, 5) is 0. The van der Waals surface area contributed by atoms with Gasteiger partial charge < -0.3 is 0 Å². The predicted molar refractivity (Wildman–Crippen MR) is 44.5 cm³/mol. The fourth-order valence-corrected chi connectivity index (χ4v) is 1.31. The van der Waals surface area contributed by atoms with Crippen LogP contribution in [0, 0.1) is 5.41 Å². The summed E-state index contributed by atoms with van der Waals surface area (Å²) in [6, 6.07) is 5.09. The van der Waals surface area contributed by atoms with Crippen molar-refractivity contribution in [3.8, 4) is 5.75 Å². The van der Waals surface area contributed by atoms with E-state index in [-0.39, 0.29) is 11.6 Å². The van der Waals surface area contributed by atoms with Crippen molar-refractivity contribution in [1.82, 2.24) is 0 Å². The number of aromatic hydroxyl groups is 1. The second kappa shape index (κ2) is 3.02. The summed E-state index contributed by atoms with van der Waals surface area (Å²) in [5.74, 6) is -0.0191. The van der Waals surface area contributed by atoms with Gasteiger partial charge in [0.2, 0.25) is 0 Å². The Labute approximate surface area is 74.7 Å². The van der Waals surface area contributed by atoms with E-state index in [0.717, 1.165) is 4.12 Å². The molecule has 4 N–H and O–H groups in total. The van der Waals surface area contributed by atoms with E-state index in [2.05, 4.69) is 0 Å². The molecule has 11 heavy (non-hydrogen) atoms. The number of hydrogen-bond donors (Lipinski definition) is 3. The van der Waals surface area contributed by atoms with Gasteiger partial charge in [0.05, 0.1) is 0 Å². The van der Waals surface area contributed by atoms with Crippen LogP contribution in [0.15, 0.2) is 18.2 Å². The Morgan fingerprint density at radius 2 is 2.18 bits per heavy atom. The topological polar surface area (TPSA) is 70.1 Å². The molecule has 0 aliphatic heterocycles. The predicted octanol–water partition coefficient (Wildman–Crippen LogP) is -0.530. The molecule has 1 rings (SSSR count). The Kier molecular flexibility index (Phi) is 2.26. The van der Waals surface area contributed by atoms with Gasteiger partial charge in [0.1, 0.15) is 0 Å². The van der Waals surface area contributed by atoms with Crippen LogP contribution in [0.4, 0.5) is 0 Å². The zero-order valence-corrected chi connectivity index (χ0v) is 8.26. The molecular formula is C7H7GaN2O. The van der Waals surface area contributed by atoms with Crippen LogP contribution >= 0.6 is 0 Å². The summed E-state index contributed by atoms with van der Waals surface area (Å²) in [5, 5.41) is 16.3. The quantitative estimate of drug-likeness (QED) is 0.327. The van der Waals surface area contributed by atoms with Gasteiger partial charge in [-0.25, -0.2) is 0 Å². The van der Waals surface area contributed by atoms with Crippen LogP contribution in [-0.2, 0) is 0 Å². The minimum atomic E-state index is -0.102. The van der Waals surface area contributed by atoms with Crippen LogP contribution in [0.3, 0.4) is 0 Å². The van der Waals surface area contributed by atoms with Crippen LogP contribution in [0.5, 0.6) is 5.75 Å². The first-order valence-electron chi connectivity index (χ1n) is 3.04. The van der Waals surface area contributed by atoms with Gasteiger partial charge in [-0.05, 0) is 0 Å². The van der Waals surface area contributed by atoms with Crippen LogP contribution in [0.2, 0.25) is 0 Å². The zero-order valence-electron chi connectivity index (χ0n) is 5.83. The van der Waals surface area contributed by atoms with Crippen molar-refractivity contribution in [3.63, 3.8) is 0 Å². The Morgan fingerprint density at radius 1 is 1.55 bits per heavy atom. The van der Waals surface area contributed by atoms with Crippen molar-refractivity contribution in [1.29, 1.82) is 5.41 Å². The van der Waals surface area contributed by atoms with Crippen molar-refractivity contribution in [2.24, 2.45) is 5.73 Å². The summed E-state index contributed by atoms with van der Waals surface area (Å²) in [6.45, 7) is 0. The van der Waals surface area contributed by atoms with Crippen molar-refractivity contribution < 1.29 is 5.11 Å². The number of nitrogens with two attached hydrogens (primary N) is 1. The van der Waals surface area contributed by atoms with E-state index in [1.807, 2.05) is 6.07 Å². The van der Waals surface area contributed by atoms with E-state index in [0.29, 0.717) is 5.56 Å². The second-order valence-electron chi connectivity index (χ2n) is 2.19. The number of hydrogen-bond acceptors (Lipinski definition) is 2. The van der Waals surface area contributed by atoms with Gasteiger partial charge in [0.25, 0.3) is 0 Å². The Bertz CT molecular complexity index is 298. The number of nitrogens with one attached hydrogen (secondary N) is 1. The van der Waals surface area contributed by atoms with Crippen LogP contribution in [0.1, 0.15) is 5.56 Å². The molecule has 0 aliphatic carbocycles. The first kappa shape index (κ1) is 8.23. The summed E-state index contributed by atoms with van der Waals surface area (Å²) < 4.78 is 1.01. The van der Waals surface area contributed by atoms with Crippen LogP contribution in [0.25, 0.3) is 0 Å². The van der Waals surface area contributed by atoms with Gasteiger partial charge >= 0.3 is 74.3 Å². The van der Waals surface area contributed by atoms with Crippen molar-refractivity contribution >= 4 is 28.6 Å². The molecule has 3 nitrogen and oxygen atoms in total. The zero-order chi connectivity index (χ0) is 8.43. The number of amidine groups is 1. The average molecular weight is 205 g/mol. The maximum absolute atomic E-state index is 9.25. The molecule has 0 unspecified atom stereocenters. The molecule has 0 saturated carbocycles. The molecule has 4 heteroatoms. The number of phenols is 1. The molecule has 1 aromatic rings. The van der Waals surface area contributed by atoms with Gasteiger partial charge in [0.15, 0.2) is 0 Å². The van der Waals surface area contributed by atoms with Crippen LogP contribution < -0.4 is 9.85 Å². The number of phenolic OH excluding ortho intramolecular Hbond substituents is 1. The number of rotatable bonds is 1. The molecule has 54 valence electrons. The molecule has 0 fully saturated rings. The first-order valence-corrected chi connectivity index (χ1v) is 4.25. The van der Waals surface area contributed by atoms with E-state index in [1.54, 1.807) is 12.1 Å². The monoisotopic (exact) mass is 204 g/mol.